The number of carbonyl (C=O) groups is 2. The number of benzene rings is 1. The molecule has 0 aliphatic rings. The van der Waals surface area contributed by atoms with E-state index < -0.39 is 11.8 Å². The summed E-state index contributed by atoms with van der Waals surface area (Å²) < 4.78 is 0. The lowest BCUT2D eigenvalue weighted by Gasteiger charge is -2.07. The minimum absolute atomic E-state index is 0.109. The summed E-state index contributed by atoms with van der Waals surface area (Å²) in [4.78, 5) is 27.4. The number of amides is 2. The molecule has 0 atom stereocenters. The SMILES string of the molecule is Cc1cccc(NC(=O)C(=O)Nc2ccccc2O)n1. The third kappa shape index (κ3) is 3.32. The summed E-state index contributed by atoms with van der Waals surface area (Å²) in [5.41, 5.74) is 0.897. The Hall–Kier alpha value is -2.89. The molecule has 6 heteroatoms. The highest BCUT2D eigenvalue weighted by Crippen LogP contribution is 2.21. The van der Waals surface area contributed by atoms with E-state index in [1.807, 2.05) is 0 Å². The number of aromatic hydroxyl groups is 1. The standard InChI is InChI=1S/C14H13N3O3/c1-9-5-4-8-12(15-9)17-14(20)13(19)16-10-6-2-3-7-11(10)18/h2-8,18H,1H3,(H,16,19)(H,15,17,20). The molecule has 0 saturated carbocycles. The molecular formula is C14H13N3O3. The van der Waals surface area contributed by atoms with Crippen LogP contribution < -0.4 is 10.6 Å². The Labute approximate surface area is 115 Å². The minimum atomic E-state index is -0.880. The summed E-state index contributed by atoms with van der Waals surface area (Å²) in [6.45, 7) is 1.78. The van der Waals surface area contributed by atoms with Crippen LogP contribution in [-0.2, 0) is 9.59 Å². The van der Waals surface area contributed by atoms with Gasteiger partial charge >= 0.3 is 11.8 Å². The molecule has 2 aromatic rings. The number of aryl methyl sites for hydroxylation is 1. The molecular weight excluding hydrogens is 258 g/mol. The number of nitrogens with zero attached hydrogens (tertiary/aromatic N) is 1. The normalized spacial score (nSPS) is 9.85. The number of anilines is 2. The summed E-state index contributed by atoms with van der Waals surface area (Å²) in [6.07, 6.45) is 0. The van der Waals surface area contributed by atoms with Crippen LogP contribution in [0, 0.1) is 6.92 Å². The summed E-state index contributed by atoms with van der Waals surface area (Å²) in [5.74, 6) is -1.55. The third-order valence-electron chi connectivity index (χ3n) is 2.49. The largest absolute Gasteiger partial charge is 0.506 e. The number of hydrogen-bond acceptors (Lipinski definition) is 4. The quantitative estimate of drug-likeness (QED) is 0.572. The Morgan fingerprint density at radius 2 is 1.70 bits per heavy atom. The summed E-state index contributed by atoms with van der Waals surface area (Å²) in [5, 5.41) is 14.2. The molecule has 20 heavy (non-hydrogen) atoms. The number of phenolic OH excluding ortho intramolecular Hbond substituents is 1. The topological polar surface area (TPSA) is 91.3 Å². The summed E-state index contributed by atoms with van der Waals surface area (Å²) in [6, 6.07) is 11.2. The van der Waals surface area contributed by atoms with Crippen LogP contribution in [0.25, 0.3) is 0 Å². The average Bonchev–Trinajstić information content (AvgIpc) is 2.41. The van der Waals surface area contributed by atoms with E-state index in [-0.39, 0.29) is 11.4 Å². The van der Waals surface area contributed by atoms with Crippen molar-refractivity contribution in [2.45, 2.75) is 6.92 Å². The molecule has 0 bridgehead atoms. The number of aromatic nitrogens is 1. The van der Waals surface area contributed by atoms with Crippen LogP contribution in [0.4, 0.5) is 11.5 Å². The third-order valence-corrected chi connectivity index (χ3v) is 2.49. The van der Waals surface area contributed by atoms with E-state index in [9.17, 15) is 14.7 Å². The predicted molar refractivity (Wildman–Crippen MR) is 74.3 cm³/mol. The van der Waals surface area contributed by atoms with Crippen molar-refractivity contribution < 1.29 is 14.7 Å². The van der Waals surface area contributed by atoms with Gasteiger partial charge in [-0.3, -0.25) is 9.59 Å². The molecule has 0 fully saturated rings. The lowest BCUT2D eigenvalue weighted by Crippen LogP contribution is -2.29. The fraction of sp³-hybridized carbons (Fsp3) is 0.0714. The monoisotopic (exact) mass is 271 g/mol. The number of hydrogen-bond donors (Lipinski definition) is 3. The van der Waals surface area contributed by atoms with Crippen LogP contribution in [0.5, 0.6) is 5.75 Å². The van der Waals surface area contributed by atoms with Crippen molar-refractivity contribution in [2.75, 3.05) is 10.6 Å². The molecule has 1 aromatic carbocycles. The van der Waals surface area contributed by atoms with Gasteiger partial charge in [-0.05, 0) is 31.2 Å². The van der Waals surface area contributed by atoms with Gasteiger partial charge < -0.3 is 15.7 Å². The van der Waals surface area contributed by atoms with Crippen LogP contribution in [0.3, 0.4) is 0 Å². The molecule has 1 aromatic heterocycles. The van der Waals surface area contributed by atoms with Crippen LogP contribution in [0.1, 0.15) is 5.69 Å². The minimum Gasteiger partial charge on any atom is -0.506 e. The van der Waals surface area contributed by atoms with Gasteiger partial charge in [-0.2, -0.15) is 0 Å². The lowest BCUT2D eigenvalue weighted by molar-refractivity contribution is -0.133. The molecule has 0 aliphatic heterocycles. The molecule has 102 valence electrons. The number of phenols is 1. The maximum Gasteiger partial charge on any atom is 0.315 e. The first-order valence-corrected chi connectivity index (χ1v) is 5.90. The smallest absolute Gasteiger partial charge is 0.315 e. The number of rotatable bonds is 2. The van der Waals surface area contributed by atoms with Gasteiger partial charge in [0.05, 0.1) is 5.69 Å². The molecule has 0 unspecified atom stereocenters. The predicted octanol–water partition coefficient (Wildman–Crippen LogP) is 1.67. The van der Waals surface area contributed by atoms with Gasteiger partial charge in [0.2, 0.25) is 0 Å². The van der Waals surface area contributed by atoms with Gasteiger partial charge in [-0.25, -0.2) is 4.98 Å². The molecule has 0 radical (unpaired) electrons. The molecule has 2 amide bonds. The summed E-state index contributed by atoms with van der Waals surface area (Å²) >= 11 is 0. The van der Waals surface area contributed by atoms with Gasteiger partial charge in [-0.15, -0.1) is 0 Å². The number of nitrogens with one attached hydrogen (secondary N) is 2. The van der Waals surface area contributed by atoms with Crippen LogP contribution >= 0.6 is 0 Å². The zero-order chi connectivity index (χ0) is 14.5. The Kier molecular flexibility index (Phi) is 3.95. The van der Waals surface area contributed by atoms with Gasteiger partial charge in [-0.1, -0.05) is 18.2 Å². The molecule has 6 nitrogen and oxygen atoms in total. The van der Waals surface area contributed by atoms with Crippen molar-refractivity contribution in [3.63, 3.8) is 0 Å². The van der Waals surface area contributed by atoms with Gasteiger partial charge in [0.1, 0.15) is 11.6 Å². The van der Waals surface area contributed by atoms with Crippen molar-refractivity contribution in [3.8, 4) is 5.75 Å². The van der Waals surface area contributed by atoms with Crippen LogP contribution in [0.15, 0.2) is 42.5 Å². The van der Waals surface area contributed by atoms with Gasteiger partial charge in [0.15, 0.2) is 0 Å². The first kappa shape index (κ1) is 13.5. The van der Waals surface area contributed by atoms with E-state index in [0.29, 0.717) is 5.82 Å². The first-order valence-electron chi connectivity index (χ1n) is 5.90. The van der Waals surface area contributed by atoms with E-state index >= 15 is 0 Å². The second-order valence-corrected chi connectivity index (χ2v) is 4.09. The summed E-state index contributed by atoms with van der Waals surface area (Å²) in [7, 11) is 0. The fourth-order valence-electron chi connectivity index (χ4n) is 1.54. The zero-order valence-corrected chi connectivity index (χ0v) is 10.8. The van der Waals surface area contributed by atoms with E-state index in [1.54, 1.807) is 37.3 Å². The average molecular weight is 271 g/mol. The maximum atomic E-state index is 11.7. The number of para-hydroxylation sites is 2. The van der Waals surface area contributed by atoms with Crippen LogP contribution in [0.2, 0.25) is 0 Å². The van der Waals surface area contributed by atoms with E-state index in [0.717, 1.165) is 5.69 Å². The number of carbonyl (C=O) groups excluding carboxylic acids is 2. The Bertz CT molecular complexity index is 656. The highest BCUT2D eigenvalue weighted by molar-refractivity contribution is 6.43. The van der Waals surface area contributed by atoms with E-state index in [2.05, 4.69) is 15.6 Å². The molecule has 1 heterocycles. The molecule has 2 rings (SSSR count). The molecule has 3 N–H and O–H groups in total. The molecule has 0 spiro atoms. The Morgan fingerprint density at radius 1 is 1.00 bits per heavy atom. The second-order valence-electron chi connectivity index (χ2n) is 4.09. The molecule has 0 aliphatic carbocycles. The van der Waals surface area contributed by atoms with Gasteiger partial charge in [0, 0.05) is 5.69 Å². The van der Waals surface area contributed by atoms with Crippen molar-refractivity contribution in [1.29, 1.82) is 0 Å². The second kappa shape index (κ2) is 5.83. The fourth-order valence-corrected chi connectivity index (χ4v) is 1.54. The number of pyridine rings is 1. The van der Waals surface area contributed by atoms with E-state index in [4.69, 9.17) is 0 Å². The highest BCUT2D eigenvalue weighted by atomic mass is 16.3. The maximum absolute atomic E-state index is 11.7. The van der Waals surface area contributed by atoms with E-state index in [1.165, 1.54) is 12.1 Å². The Morgan fingerprint density at radius 3 is 2.40 bits per heavy atom. The van der Waals surface area contributed by atoms with Crippen molar-refractivity contribution in [1.82, 2.24) is 4.98 Å². The molecule has 0 saturated heterocycles. The first-order chi connectivity index (χ1) is 9.56. The van der Waals surface area contributed by atoms with Crippen LogP contribution in [-0.4, -0.2) is 21.9 Å². The van der Waals surface area contributed by atoms with Crippen molar-refractivity contribution in [2.24, 2.45) is 0 Å². The van der Waals surface area contributed by atoms with Gasteiger partial charge in [0.25, 0.3) is 0 Å². The van der Waals surface area contributed by atoms with Crippen molar-refractivity contribution >= 4 is 23.3 Å². The lowest BCUT2D eigenvalue weighted by atomic mass is 10.3. The highest BCUT2D eigenvalue weighted by Gasteiger charge is 2.15. The zero-order valence-electron chi connectivity index (χ0n) is 10.8. The van der Waals surface area contributed by atoms with Crippen molar-refractivity contribution in [3.05, 3.63) is 48.2 Å². The Balaban J connectivity index is 2.03.